The Hall–Kier alpha value is -2.60. The van der Waals surface area contributed by atoms with Gasteiger partial charge in [-0.2, -0.15) is 0 Å². The number of fused-ring (bicyclic) bond motifs is 1. The lowest BCUT2D eigenvalue weighted by Gasteiger charge is -2.29. The molecule has 1 aliphatic heterocycles. The first-order valence-corrected chi connectivity index (χ1v) is 12.4. The number of rotatable bonds is 5. The molecular formula is C27H35FN4O. The molecule has 1 aromatic heterocycles. The normalized spacial score (nSPS) is 17.6. The third kappa shape index (κ3) is 4.58. The molecule has 2 aromatic carbocycles. The van der Waals surface area contributed by atoms with Crippen LogP contribution in [-0.2, 0) is 6.54 Å². The lowest BCUT2D eigenvalue weighted by atomic mass is 9.98. The third-order valence-corrected chi connectivity index (χ3v) is 7.03. The van der Waals surface area contributed by atoms with Crippen molar-refractivity contribution in [2.24, 2.45) is 0 Å². The van der Waals surface area contributed by atoms with Gasteiger partial charge in [0.2, 0.25) is 5.95 Å². The van der Waals surface area contributed by atoms with E-state index in [0.29, 0.717) is 17.7 Å². The molecule has 1 saturated carbocycles. The Kier molecular flexibility index (Phi) is 6.28. The second kappa shape index (κ2) is 9.34. The predicted molar refractivity (Wildman–Crippen MR) is 132 cm³/mol. The molecule has 0 amide bonds. The van der Waals surface area contributed by atoms with Crippen molar-refractivity contribution < 1.29 is 9.13 Å². The number of aryl methyl sites for hydroxylation is 3. The fourth-order valence-corrected chi connectivity index (χ4v) is 5.34. The zero-order chi connectivity index (χ0) is 22.9. The maximum Gasteiger partial charge on any atom is 0.207 e. The molecule has 176 valence electrons. The van der Waals surface area contributed by atoms with Crippen LogP contribution in [0.5, 0.6) is 5.75 Å². The van der Waals surface area contributed by atoms with Gasteiger partial charge in [0.25, 0.3) is 0 Å². The van der Waals surface area contributed by atoms with Crippen molar-refractivity contribution in [3.63, 3.8) is 0 Å². The lowest BCUT2D eigenvalue weighted by Crippen LogP contribution is -2.44. The average molecular weight is 451 g/mol. The van der Waals surface area contributed by atoms with Crippen LogP contribution < -0.4 is 15.0 Å². The number of ether oxygens (including phenoxy) is 1. The van der Waals surface area contributed by atoms with Crippen molar-refractivity contribution in [3.8, 4) is 5.75 Å². The summed E-state index contributed by atoms with van der Waals surface area (Å²) in [5, 5.41) is 3.44. The van der Waals surface area contributed by atoms with Gasteiger partial charge in [0.1, 0.15) is 17.1 Å². The van der Waals surface area contributed by atoms with E-state index in [0.717, 1.165) is 67.3 Å². The van der Waals surface area contributed by atoms with Gasteiger partial charge in [-0.1, -0.05) is 18.6 Å². The van der Waals surface area contributed by atoms with E-state index in [1.54, 1.807) is 0 Å². The van der Waals surface area contributed by atoms with Crippen molar-refractivity contribution in [1.29, 1.82) is 0 Å². The highest BCUT2D eigenvalue weighted by Gasteiger charge is 2.24. The van der Waals surface area contributed by atoms with Crippen LogP contribution >= 0.6 is 0 Å². The van der Waals surface area contributed by atoms with Gasteiger partial charge in [-0.15, -0.1) is 0 Å². The molecule has 0 radical (unpaired) electrons. The summed E-state index contributed by atoms with van der Waals surface area (Å²) in [7, 11) is 0. The summed E-state index contributed by atoms with van der Waals surface area (Å²) in [4.78, 5) is 7.52. The quantitative estimate of drug-likeness (QED) is 0.575. The first kappa shape index (κ1) is 22.2. The average Bonchev–Trinajstić information content (AvgIpc) is 3.17. The largest absolute Gasteiger partial charge is 0.488 e. The maximum atomic E-state index is 14.3. The number of piperazine rings is 1. The van der Waals surface area contributed by atoms with Crippen LogP contribution in [0.4, 0.5) is 10.3 Å². The zero-order valence-electron chi connectivity index (χ0n) is 20.1. The highest BCUT2D eigenvalue weighted by molar-refractivity contribution is 5.86. The summed E-state index contributed by atoms with van der Waals surface area (Å²) < 4.78 is 23.1. The third-order valence-electron chi connectivity index (χ3n) is 7.03. The first-order valence-electron chi connectivity index (χ1n) is 12.4. The number of aromatic nitrogens is 2. The van der Waals surface area contributed by atoms with Gasteiger partial charge in [0.15, 0.2) is 0 Å². The van der Waals surface area contributed by atoms with E-state index in [4.69, 9.17) is 9.72 Å². The Balaban J connectivity index is 1.60. The van der Waals surface area contributed by atoms with Crippen LogP contribution in [0.3, 0.4) is 0 Å². The van der Waals surface area contributed by atoms with Crippen LogP contribution in [0.1, 0.15) is 54.4 Å². The van der Waals surface area contributed by atoms with E-state index in [1.165, 1.54) is 24.8 Å². The number of hydrogen-bond donors (Lipinski definition) is 1. The van der Waals surface area contributed by atoms with Crippen LogP contribution in [0.15, 0.2) is 24.3 Å². The Morgan fingerprint density at radius 1 is 1.00 bits per heavy atom. The van der Waals surface area contributed by atoms with Crippen LogP contribution in [0.2, 0.25) is 0 Å². The molecule has 33 heavy (non-hydrogen) atoms. The summed E-state index contributed by atoms with van der Waals surface area (Å²) in [6.45, 7) is 10.2. The molecular weight excluding hydrogens is 415 g/mol. The monoisotopic (exact) mass is 450 g/mol. The molecule has 0 unspecified atom stereocenters. The van der Waals surface area contributed by atoms with Crippen molar-refractivity contribution in [3.05, 3.63) is 52.3 Å². The molecule has 5 nitrogen and oxygen atoms in total. The molecule has 5 rings (SSSR count). The molecule has 1 aliphatic carbocycles. The summed E-state index contributed by atoms with van der Waals surface area (Å²) in [5.74, 6) is 1.76. The number of imidazole rings is 1. The minimum Gasteiger partial charge on any atom is -0.488 e. The van der Waals surface area contributed by atoms with Gasteiger partial charge >= 0.3 is 0 Å². The summed E-state index contributed by atoms with van der Waals surface area (Å²) in [6.07, 6.45) is 6.30. The molecule has 1 N–H and O–H groups in total. The van der Waals surface area contributed by atoms with Crippen molar-refractivity contribution in [2.45, 2.75) is 65.5 Å². The van der Waals surface area contributed by atoms with Gasteiger partial charge < -0.3 is 19.5 Å². The predicted octanol–water partition coefficient (Wildman–Crippen LogP) is 5.27. The van der Waals surface area contributed by atoms with Crippen LogP contribution in [0, 0.1) is 26.6 Å². The Morgan fingerprint density at radius 2 is 1.70 bits per heavy atom. The molecule has 0 bridgehead atoms. The minimum atomic E-state index is -0.115. The van der Waals surface area contributed by atoms with Crippen LogP contribution in [0.25, 0.3) is 11.0 Å². The second-order valence-electron chi connectivity index (χ2n) is 9.79. The minimum absolute atomic E-state index is 0.115. The standard InChI is InChI=1S/C27H35FN4O/c1-18-13-23-26(24(14-18)33-22-7-5-4-6-8-22)30-27(31-11-9-29-10-12-31)32(23)17-21-15-19(2)25(28)20(3)16-21/h13-16,22,29H,4-12,17H2,1-3H3. The van der Waals surface area contributed by atoms with Gasteiger partial charge in [-0.3, -0.25) is 0 Å². The molecule has 2 fully saturated rings. The number of hydrogen-bond acceptors (Lipinski definition) is 4. The van der Waals surface area contributed by atoms with E-state index in [-0.39, 0.29) is 11.9 Å². The number of nitrogens with zero attached hydrogens (tertiary/aromatic N) is 3. The fourth-order valence-electron chi connectivity index (χ4n) is 5.34. The highest BCUT2D eigenvalue weighted by Crippen LogP contribution is 2.34. The van der Waals surface area contributed by atoms with Gasteiger partial charge in [0, 0.05) is 26.2 Å². The molecule has 3 aromatic rings. The van der Waals surface area contributed by atoms with Gasteiger partial charge in [-0.25, -0.2) is 9.37 Å². The summed E-state index contributed by atoms with van der Waals surface area (Å²) in [6, 6.07) is 8.28. The van der Waals surface area contributed by atoms with Gasteiger partial charge in [0.05, 0.1) is 18.2 Å². The second-order valence-corrected chi connectivity index (χ2v) is 9.79. The van der Waals surface area contributed by atoms with Gasteiger partial charge in [-0.05, 0) is 80.8 Å². The van der Waals surface area contributed by atoms with E-state index >= 15 is 0 Å². The smallest absolute Gasteiger partial charge is 0.207 e. The molecule has 2 aliphatic rings. The molecule has 0 atom stereocenters. The van der Waals surface area contributed by atoms with E-state index < -0.39 is 0 Å². The number of nitrogens with one attached hydrogen (secondary N) is 1. The van der Waals surface area contributed by atoms with Crippen molar-refractivity contribution >= 4 is 17.0 Å². The Morgan fingerprint density at radius 3 is 2.39 bits per heavy atom. The maximum absolute atomic E-state index is 14.3. The molecule has 2 heterocycles. The Bertz CT molecular complexity index is 1120. The molecule has 1 saturated heterocycles. The molecule has 0 spiro atoms. The van der Waals surface area contributed by atoms with Crippen molar-refractivity contribution in [1.82, 2.24) is 14.9 Å². The fraction of sp³-hybridized carbons (Fsp3) is 0.519. The van der Waals surface area contributed by atoms with Crippen molar-refractivity contribution in [2.75, 3.05) is 31.1 Å². The SMILES string of the molecule is Cc1cc(OC2CCCCC2)c2nc(N3CCNCC3)n(Cc3cc(C)c(F)c(C)c3)c2c1. The molecule has 6 heteroatoms. The zero-order valence-corrected chi connectivity index (χ0v) is 20.1. The van der Waals surface area contributed by atoms with E-state index in [1.807, 2.05) is 26.0 Å². The first-order chi connectivity index (χ1) is 16.0. The number of halogens is 1. The summed E-state index contributed by atoms with van der Waals surface area (Å²) >= 11 is 0. The van der Waals surface area contributed by atoms with Crippen LogP contribution in [-0.4, -0.2) is 41.8 Å². The lowest BCUT2D eigenvalue weighted by molar-refractivity contribution is 0.156. The highest BCUT2D eigenvalue weighted by atomic mass is 19.1. The van der Waals surface area contributed by atoms with E-state index in [9.17, 15) is 4.39 Å². The van der Waals surface area contributed by atoms with E-state index in [2.05, 4.69) is 33.8 Å². The number of benzene rings is 2. The topological polar surface area (TPSA) is 42.3 Å². The number of anilines is 1. The Labute approximate surface area is 195 Å². The summed E-state index contributed by atoms with van der Waals surface area (Å²) in [5.41, 5.74) is 5.68.